The quantitative estimate of drug-likeness (QED) is 0.174. The van der Waals surface area contributed by atoms with Gasteiger partial charge in [0.25, 0.3) is 0 Å². The molecule has 0 aromatic heterocycles. The molecule has 1 saturated carbocycles. The van der Waals surface area contributed by atoms with Gasteiger partial charge in [-0.2, -0.15) is 0 Å². The lowest BCUT2D eigenvalue weighted by atomic mass is 9.83. The average Bonchev–Trinajstić information content (AvgIpc) is 2.91. The monoisotopic (exact) mass is 590 g/mol. The Hall–Kier alpha value is -2.01. The zero-order chi connectivity index (χ0) is 26.9. The summed E-state index contributed by atoms with van der Waals surface area (Å²) in [5.41, 5.74) is 2.45. The molecular weight excluding hydrogens is 562 g/mol. The minimum atomic E-state index is -0.465. The van der Waals surface area contributed by atoms with Gasteiger partial charge in [0.2, 0.25) is 0 Å². The third-order valence-corrected chi connectivity index (χ3v) is 7.88. The maximum absolute atomic E-state index is 12.3. The van der Waals surface area contributed by atoms with Crippen molar-refractivity contribution in [3.63, 3.8) is 0 Å². The zero-order valence-electron chi connectivity index (χ0n) is 20.9. The van der Waals surface area contributed by atoms with E-state index in [-0.39, 0.29) is 23.8 Å². The van der Waals surface area contributed by atoms with Crippen LogP contribution in [-0.4, -0.2) is 18.7 Å². The Bertz CT molecular complexity index is 1180. The van der Waals surface area contributed by atoms with Gasteiger partial charge in [0, 0.05) is 15.1 Å². The number of benzene rings is 3. The summed E-state index contributed by atoms with van der Waals surface area (Å²) < 4.78 is 12.2. The van der Waals surface area contributed by atoms with E-state index in [4.69, 9.17) is 55.9 Å². The number of esters is 1. The average molecular weight is 592 g/mol. The van der Waals surface area contributed by atoms with Gasteiger partial charge in [-0.25, -0.2) is 4.79 Å². The molecule has 2 atom stereocenters. The third kappa shape index (κ3) is 8.24. The predicted octanol–water partition coefficient (Wildman–Crippen LogP) is 10.2. The zero-order valence-corrected chi connectivity index (χ0v) is 23.9. The number of allylic oxidation sites excluding steroid dienone is 1. The van der Waals surface area contributed by atoms with Crippen molar-refractivity contribution in [3.8, 4) is 0 Å². The summed E-state index contributed by atoms with van der Waals surface area (Å²) >= 11 is 24.3. The van der Waals surface area contributed by atoms with E-state index in [1.807, 2.05) is 54.6 Å². The molecule has 0 N–H and O–H groups in total. The first-order valence-corrected chi connectivity index (χ1v) is 14.4. The summed E-state index contributed by atoms with van der Waals surface area (Å²) in [5, 5.41) is 2.16. The summed E-state index contributed by atoms with van der Waals surface area (Å²) in [6.45, 7) is 0.192. The van der Waals surface area contributed by atoms with Gasteiger partial charge in [-0.15, -0.1) is 0 Å². The molecule has 0 unspecified atom stereocenters. The van der Waals surface area contributed by atoms with Gasteiger partial charge in [0.1, 0.15) is 12.7 Å². The molecule has 38 heavy (non-hydrogen) atoms. The van der Waals surface area contributed by atoms with E-state index in [0.29, 0.717) is 26.5 Å². The SMILES string of the molecule is O=C(OC/C=C/CC[C@@H]1CCCC[C@H]1OC(c1ccc(Cl)cc1)c1ccc(Cl)cc1)c1ccc(Cl)cc1Cl. The Labute approximate surface area is 244 Å². The number of hydrogen-bond acceptors (Lipinski definition) is 3. The van der Waals surface area contributed by atoms with Crippen LogP contribution in [0.3, 0.4) is 0 Å². The van der Waals surface area contributed by atoms with Crippen molar-refractivity contribution in [3.05, 3.63) is 116 Å². The highest BCUT2D eigenvalue weighted by molar-refractivity contribution is 6.36. The lowest BCUT2D eigenvalue weighted by Gasteiger charge is -2.35. The molecule has 200 valence electrons. The van der Waals surface area contributed by atoms with Crippen molar-refractivity contribution in [1.29, 1.82) is 0 Å². The smallest absolute Gasteiger partial charge is 0.339 e. The summed E-state index contributed by atoms with van der Waals surface area (Å²) in [7, 11) is 0. The van der Waals surface area contributed by atoms with Gasteiger partial charge in [-0.1, -0.05) is 95.7 Å². The van der Waals surface area contributed by atoms with Crippen LogP contribution in [-0.2, 0) is 9.47 Å². The van der Waals surface area contributed by atoms with Crippen molar-refractivity contribution in [2.24, 2.45) is 5.92 Å². The van der Waals surface area contributed by atoms with Crippen molar-refractivity contribution < 1.29 is 14.3 Å². The molecule has 3 nitrogen and oxygen atoms in total. The van der Waals surface area contributed by atoms with Gasteiger partial charge < -0.3 is 9.47 Å². The van der Waals surface area contributed by atoms with Gasteiger partial charge in [0.15, 0.2) is 0 Å². The highest BCUT2D eigenvalue weighted by atomic mass is 35.5. The molecule has 7 heteroatoms. The van der Waals surface area contributed by atoms with E-state index >= 15 is 0 Å². The number of carbonyl (C=O) groups is 1. The number of rotatable bonds is 10. The number of halogens is 4. The maximum atomic E-state index is 12.3. The Balaban J connectivity index is 1.34. The highest BCUT2D eigenvalue weighted by Crippen LogP contribution is 2.37. The molecule has 1 fully saturated rings. The summed E-state index contributed by atoms with van der Waals surface area (Å²) in [6, 6.07) is 20.4. The third-order valence-electron chi connectivity index (χ3n) is 6.83. The highest BCUT2D eigenvalue weighted by Gasteiger charge is 2.29. The normalized spacial score (nSPS) is 17.7. The van der Waals surface area contributed by atoms with Crippen LogP contribution in [0.15, 0.2) is 78.9 Å². The van der Waals surface area contributed by atoms with Crippen LogP contribution in [0.5, 0.6) is 0 Å². The van der Waals surface area contributed by atoms with Crippen molar-refractivity contribution in [2.75, 3.05) is 6.61 Å². The van der Waals surface area contributed by atoms with Crippen LogP contribution in [0, 0.1) is 5.92 Å². The summed E-state index contributed by atoms with van der Waals surface area (Å²) in [4.78, 5) is 12.3. The fourth-order valence-electron chi connectivity index (χ4n) is 4.84. The molecule has 0 heterocycles. The second kappa shape index (κ2) is 14.4. The second-order valence-corrected chi connectivity index (χ2v) is 11.2. The molecule has 3 aromatic rings. The van der Waals surface area contributed by atoms with Crippen LogP contribution in [0.4, 0.5) is 0 Å². The van der Waals surface area contributed by atoms with E-state index < -0.39 is 5.97 Å². The van der Waals surface area contributed by atoms with E-state index in [0.717, 1.165) is 43.2 Å². The molecule has 0 bridgehead atoms. The first kappa shape index (κ1) is 29.0. The molecule has 0 radical (unpaired) electrons. The van der Waals surface area contributed by atoms with Crippen LogP contribution in [0.1, 0.15) is 66.1 Å². The Morgan fingerprint density at radius 3 is 2.05 bits per heavy atom. The fraction of sp³-hybridized carbons (Fsp3) is 0.323. The van der Waals surface area contributed by atoms with Gasteiger partial charge in [-0.05, 0) is 85.2 Å². The topological polar surface area (TPSA) is 35.5 Å². The predicted molar refractivity (Wildman–Crippen MR) is 157 cm³/mol. The van der Waals surface area contributed by atoms with E-state index in [1.54, 1.807) is 12.1 Å². The molecule has 4 rings (SSSR count). The van der Waals surface area contributed by atoms with E-state index in [9.17, 15) is 4.79 Å². The summed E-state index contributed by atoms with van der Waals surface area (Å²) in [6.07, 6.45) is 10.3. The molecule has 3 aromatic carbocycles. The minimum absolute atomic E-state index is 0.151. The fourth-order valence-corrected chi connectivity index (χ4v) is 5.57. The van der Waals surface area contributed by atoms with Gasteiger partial charge >= 0.3 is 5.97 Å². The molecule has 0 amide bonds. The van der Waals surface area contributed by atoms with E-state index in [1.165, 1.54) is 12.5 Å². The van der Waals surface area contributed by atoms with Crippen LogP contribution < -0.4 is 0 Å². The standard InChI is InChI=1S/C31H30Cl4O3/c32-24-13-9-22(10-14-24)30(23-11-15-25(33)16-12-23)38-29-8-4-3-7-21(29)6-2-1-5-19-37-31(36)27-18-17-26(34)20-28(27)35/h1,5,9-18,20-21,29-30H,2-4,6-8,19H2/b5-1+/t21-,29-/m1/s1. The maximum Gasteiger partial charge on any atom is 0.339 e. The molecule has 1 aliphatic rings. The van der Waals surface area contributed by atoms with Gasteiger partial charge in [0.05, 0.1) is 16.7 Å². The van der Waals surface area contributed by atoms with Crippen molar-refractivity contribution in [2.45, 2.75) is 50.7 Å². The largest absolute Gasteiger partial charge is 0.458 e. The molecule has 1 aliphatic carbocycles. The van der Waals surface area contributed by atoms with Crippen LogP contribution in [0.2, 0.25) is 20.1 Å². The second-order valence-electron chi connectivity index (χ2n) is 9.47. The number of ether oxygens (including phenoxy) is 2. The first-order valence-electron chi connectivity index (χ1n) is 12.8. The van der Waals surface area contributed by atoms with E-state index in [2.05, 4.69) is 6.08 Å². The first-order chi connectivity index (χ1) is 18.4. The Morgan fingerprint density at radius 1 is 0.816 bits per heavy atom. The Morgan fingerprint density at radius 2 is 1.42 bits per heavy atom. The number of hydrogen-bond donors (Lipinski definition) is 0. The van der Waals surface area contributed by atoms with Crippen molar-refractivity contribution in [1.82, 2.24) is 0 Å². The molecule has 0 saturated heterocycles. The van der Waals surface area contributed by atoms with Gasteiger partial charge in [-0.3, -0.25) is 0 Å². The molecule has 0 spiro atoms. The lowest BCUT2D eigenvalue weighted by molar-refractivity contribution is -0.0470. The van der Waals surface area contributed by atoms with Crippen LogP contribution >= 0.6 is 46.4 Å². The molecule has 0 aliphatic heterocycles. The minimum Gasteiger partial charge on any atom is -0.458 e. The lowest BCUT2D eigenvalue weighted by Crippen LogP contribution is -2.29. The van der Waals surface area contributed by atoms with Crippen molar-refractivity contribution >= 4 is 52.4 Å². The summed E-state index contributed by atoms with van der Waals surface area (Å²) in [5.74, 6) is -0.0153. The Kier molecular flexibility index (Phi) is 11.0. The number of carbonyl (C=O) groups excluding carboxylic acids is 1. The molecular formula is C31H30Cl4O3. The van der Waals surface area contributed by atoms with Crippen LogP contribution in [0.25, 0.3) is 0 Å².